The third kappa shape index (κ3) is 5.47. The molecule has 0 aromatic rings. The summed E-state index contributed by atoms with van der Waals surface area (Å²) in [5.41, 5.74) is 0. The summed E-state index contributed by atoms with van der Waals surface area (Å²) in [7, 11) is 2.12. The summed E-state index contributed by atoms with van der Waals surface area (Å²) in [5.74, 6) is 0.130. The molecule has 0 aromatic heterocycles. The molecular formula is C12H24N2O2. The first-order valence-corrected chi connectivity index (χ1v) is 6.28. The molecule has 0 atom stereocenters. The fraction of sp³-hybridized carbons (Fsp3) is 0.917. The van der Waals surface area contributed by atoms with Gasteiger partial charge in [-0.15, -0.1) is 0 Å². The summed E-state index contributed by atoms with van der Waals surface area (Å²) in [6, 6.07) is 0.370. The molecule has 1 rings (SSSR count). The first kappa shape index (κ1) is 13.5. The van der Waals surface area contributed by atoms with Crippen LogP contribution in [0.15, 0.2) is 0 Å². The van der Waals surface area contributed by atoms with E-state index >= 15 is 0 Å². The number of ether oxygens (including phenoxy) is 1. The van der Waals surface area contributed by atoms with E-state index in [1.165, 1.54) is 0 Å². The molecule has 1 aliphatic heterocycles. The van der Waals surface area contributed by atoms with Crippen LogP contribution in [0.3, 0.4) is 0 Å². The number of nitrogens with one attached hydrogen (secondary N) is 1. The predicted octanol–water partition coefficient (Wildman–Crippen LogP) is 1.01. The van der Waals surface area contributed by atoms with Gasteiger partial charge in [0.15, 0.2) is 0 Å². The quantitative estimate of drug-likeness (QED) is 0.690. The first-order valence-electron chi connectivity index (χ1n) is 6.28. The van der Waals surface area contributed by atoms with Crippen molar-refractivity contribution in [3.63, 3.8) is 0 Å². The van der Waals surface area contributed by atoms with E-state index in [0.29, 0.717) is 19.1 Å². The number of carbonyl (C=O) groups is 1. The van der Waals surface area contributed by atoms with Crippen molar-refractivity contribution in [2.75, 3.05) is 33.4 Å². The van der Waals surface area contributed by atoms with Gasteiger partial charge in [-0.3, -0.25) is 4.79 Å². The van der Waals surface area contributed by atoms with Crippen LogP contribution in [-0.2, 0) is 9.53 Å². The standard InChI is InChI=1S/C12H24N2O2/c1-3-9-16-10-6-12(15)13-11-4-7-14(2)8-5-11/h11H,3-10H2,1-2H3,(H,13,15). The maximum atomic E-state index is 11.6. The fourth-order valence-corrected chi connectivity index (χ4v) is 1.86. The van der Waals surface area contributed by atoms with Crippen molar-refractivity contribution in [3.8, 4) is 0 Å². The van der Waals surface area contributed by atoms with E-state index in [2.05, 4.69) is 24.2 Å². The Hall–Kier alpha value is -0.610. The van der Waals surface area contributed by atoms with Crippen LogP contribution in [0.1, 0.15) is 32.6 Å². The molecule has 1 fully saturated rings. The lowest BCUT2D eigenvalue weighted by Crippen LogP contribution is -2.43. The van der Waals surface area contributed by atoms with Gasteiger partial charge in [-0.25, -0.2) is 0 Å². The number of rotatable bonds is 6. The summed E-state index contributed by atoms with van der Waals surface area (Å²) in [4.78, 5) is 13.8. The molecule has 4 nitrogen and oxygen atoms in total. The highest BCUT2D eigenvalue weighted by molar-refractivity contribution is 5.76. The van der Waals surface area contributed by atoms with Crippen LogP contribution in [0, 0.1) is 0 Å². The molecule has 0 aromatic carbocycles. The molecule has 1 aliphatic rings. The van der Waals surface area contributed by atoms with Gasteiger partial charge >= 0.3 is 0 Å². The number of nitrogens with zero attached hydrogens (tertiary/aromatic N) is 1. The highest BCUT2D eigenvalue weighted by Crippen LogP contribution is 2.08. The van der Waals surface area contributed by atoms with Gasteiger partial charge in [0, 0.05) is 19.1 Å². The second-order valence-electron chi connectivity index (χ2n) is 4.51. The molecule has 0 spiro atoms. The molecule has 94 valence electrons. The molecule has 1 heterocycles. The minimum atomic E-state index is 0.130. The molecule has 0 saturated carbocycles. The van der Waals surface area contributed by atoms with E-state index in [1.807, 2.05) is 0 Å². The Labute approximate surface area is 98.3 Å². The molecule has 0 aliphatic carbocycles. The number of piperidine rings is 1. The molecule has 1 amide bonds. The Morgan fingerprint density at radius 1 is 1.38 bits per heavy atom. The molecule has 4 heteroatoms. The van der Waals surface area contributed by atoms with Crippen LogP contribution in [-0.4, -0.2) is 50.2 Å². The van der Waals surface area contributed by atoms with Crippen molar-refractivity contribution in [1.82, 2.24) is 10.2 Å². The summed E-state index contributed by atoms with van der Waals surface area (Å²) in [6.07, 6.45) is 3.64. The van der Waals surface area contributed by atoms with Crippen molar-refractivity contribution >= 4 is 5.91 Å². The van der Waals surface area contributed by atoms with Crippen molar-refractivity contribution in [3.05, 3.63) is 0 Å². The average molecular weight is 228 g/mol. The number of carbonyl (C=O) groups excluding carboxylic acids is 1. The van der Waals surface area contributed by atoms with Crippen molar-refractivity contribution in [2.45, 2.75) is 38.6 Å². The zero-order chi connectivity index (χ0) is 11.8. The Morgan fingerprint density at radius 2 is 2.06 bits per heavy atom. The Morgan fingerprint density at radius 3 is 2.69 bits per heavy atom. The normalized spacial score (nSPS) is 18.6. The average Bonchev–Trinajstić information content (AvgIpc) is 2.28. The maximum absolute atomic E-state index is 11.6. The van der Waals surface area contributed by atoms with Gasteiger partial charge in [-0.2, -0.15) is 0 Å². The molecule has 0 unspecified atom stereocenters. The summed E-state index contributed by atoms with van der Waals surface area (Å²) in [6.45, 7) is 5.53. The van der Waals surface area contributed by atoms with Crippen molar-refractivity contribution in [2.24, 2.45) is 0 Å². The van der Waals surface area contributed by atoms with Crippen LogP contribution in [0.25, 0.3) is 0 Å². The monoisotopic (exact) mass is 228 g/mol. The molecule has 1 N–H and O–H groups in total. The van der Waals surface area contributed by atoms with Crippen LogP contribution in [0.5, 0.6) is 0 Å². The molecule has 0 radical (unpaired) electrons. The lowest BCUT2D eigenvalue weighted by molar-refractivity contribution is -0.123. The van der Waals surface area contributed by atoms with Crippen LogP contribution in [0.2, 0.25) is 0 Å². The maximum Gasteiger partial charge on any atom is 0.222 e. The summed E-state index contributed by atoms with van der Waals surface area (Å²) < 4.78 is 5.29. The highest BCUT2D eigenvalue weighted by Gasteiger charge is 2.17. The largest absolute Gasteiger partial charge is 0.381 e. The van der Waals surface area contributed by atoms with Crippen molar-refractivity contribution < 1.29 is 9.53 Å². The van der Waals surface area contributed by atoms with Gasteiger partial charge in [0.05, 0.1) is 6.61 Å². The lowest BCUT2D eigenvalue weighted by atomic mass is 10.1. The minimum absolute atomic E-state index is 0.130. The second kappa shape index (κ2) is 7.63. The summed E-state index contributed by atoms with van der Waals surface area (Å²) in [5, 5.41) is 3.07. The lowest BCUT2D eigenvalue weighted by Gasteiger charge is -2.29. The number of likely N-dealkylation sites (tertiary alicyclic amines) is 1. The van der Waals surface area contributed by atoms with Crippen LogP contribution < -0.4 is 5.32 Å². The number of amides is 1. The van der Waals surface area contributed by atoms with Gasteiger partial charge in [-0.05, 0) is 39.4 Å². The van der Waals surface area contributed by atoms with E-state index < -0.39 is 0 Å². The zero-order valence-electron chi connectivity index (χ0n) is 10.5. The third-order valence-electron chi connectivity index (χ3n) is 2.91. The minimum Gasteiger partial charge on any atom is -0.381 e. The van der Waals surface area contributed by atoms with Gasteiger partial charge in [0.2, 0.25) is 5.91 Å². The molecule has 16 heavy (non-hydrogen) atoms. The summed E-state index contributed by atoms with van der Waals surface area (Å²) >= 11 is 0. The molecule has 0 bridgehead atoms. The van der Waals surface area contributed by atoms with Gasteiger partial charge in [0.1, 0.15) is 0 Å². The van der Waals surface area contributed by atoms with E-state index in [-0.39, 0.29) is 5.91 Å². The fourth-order valence-electron chi connectivity index (χ4n) is 1.86. The Kier molecular flexibility index (Phi) is 6.42. The van der Waals surface area contributed by atoms with Crippen molar-refractivity contribution in [1.29, 1.82) is 0 Å². The Bertz CT molecular complexity index is 201. The topological polar surface area (TPSA) is 41.6 Å². The first-order chi connectivity index (χ1) is 7.72. The van der Waals surface area contributed by atoms with Gasteiger partial charge in [-0.1, -0.05) is 6.92 Å². The number of hydrogen-bond acceptors (Lipinski definition) is 3. The van der Waals surface area contributed by atoms with E-state index in [1.54, 1.807) is 0 Å². The molecule has 1 saturated heterocycles. The van der Waals surface area contributed by atoms with E-state index in [0.717, 1.165) is 39.0 Å². The van der Waals surface area contributed by atoms with E-state index in [4.69, 9.17) is 4.74 Å². The number of hydrogen-bond donors (Lipinski definition) is 1. The van der Waals surface area contributed by atoms with E-state index in [9.17, 15) is 4.79 Å². The SMILES string of the molecule is CCCOCCC(=O)NC1CCN(C)CC1. The third-order valence-corrected chi connectivity index (χ3v) is 2.91. The Balaban J connectivity index is 2.05. The smallest absolute Gasteiger partial charge is 0.222 e. The predicted molar refractivity (Wildman–Crippen MR) is 64.4 cm³/mol. The highest BCUT2D eigenvalue weighted by atomic mass is 16.5. The van der Waals surface area contributed by atoms with Gasteiger partial charge < -0.3 is 15.0 Å². The van der Waals surface area contributed by atoms with Gasteiger partial charge in [0.25, 0.3) is 0 Å². The molecular weight excluding hydrogens is 204 g/mol. The zero-order valence-corrected chi connectivity index (χ0v) is 10.5. The van der Waals surface area contributed by atoms with Crippen LogP contribution >= 0.6 is 0 Å². The second-order valence-corrected chi connectivity index (χ2v) is 4.51. The van der Waals surface area contributed by atoms with Crippen LogP contribution in [0.4, 0.5) is 0 Å².